The fourth-order valence-electron chi connectivity index (χ4n) is 1.98. The van der Waals surface area contributed by atoms with Gasteiger partial charge in [-0.05, 0) is 12.1 Å². The van der Waals surface area contributed by atoms with Gasteiger partial charge in [0.15, 0.2) is 0 Å². The maximum atomic E-state index is 12.1. The lowest BCUT2D eigenvalue weighted by atomic mass is 10.2. The third kappa shape index (κ3) is 3.08. The van der Waals surface area contributed by atoms with Crippen LogP contribution in [-0.2, 0) is 20.7 Å². The van der Waals surface area contributed by atoms with E-state index in [1.807, 2.05) is 11.0 Å². The molecule has 1 aliphatic rings. The van der Waals surface area contributed by atoms with Gasteiger partial charge in [0.05, 0.1) is 38.5 Å². The zero-order chi connectivity index (χ0) is 12.1. The topological polar surface area (TPSA) is 51.9 Å². The molecule has 94 valence electrons. The van der Waals surface area contributed by atoms with Crippen molar-refractivity contribution in [1.29, 1.82) is 0 Å². The first-order chi connectivity index (χ1) is 8.31. The summed E-state index contributed by atoms with van der Waals surface area (Å²) in [7, 11) is 1.63. The van der Waals surface area contributed by atoms with Gasteiger partial charge in [-0.1, -0.05) is 0 Å². The molecule has 2 rings (SSSR count). The van der Waals surface area contributed by atoms with Crippen molar-refractivity contribution in [3.63, 3.8) is 0 Å². The van der Waals surface area contributed by atoms with Gasteiger partial charge < -0.3 is 18.8 Å². The summed E-state index contributed by atoms with van der Waals surface area (Å²) in [5, 5.41) is 0. The fraction of sp³-hybridized carbons (Fsp3) is 0.583. The van der Waals surface area contributed by atoms with Crippen molar-refractivity contribution in [2.75, 3.05) is 33.5 Å². The molecule has 17 heavy (non-hydrogen) atoms. The Bertz CT molecular complexity index is 347. The van der Waals surface area contributed by atoms with Crippen molar-refractivity contribution in [1.82, 2.24) is 4.90 Å². The number of nitrogens with zero attached hydrogens (tertiary/aromatic N) is 1. The van der Waals surface area contributed by atoms with Crippen LogP contribution in [0.15, 0.2) is 22.8 Å². The van der Waals surface area contributed by atoms with Gasteiger partial charge in [0.2, 0.25) is 5.91 Å². The third-order valence-corrected chi connectivity index (χ3v) is 2.81. The SMILES string of the molecule is COCC1COCCN1C(=O)Cc1ccco1. The molecule has 2 heterocycles. The standard InChI is InChI=1S/C12H17NO4/c1-15-8-10-9-16-6-4-13(10)12(14)7-11-3-2-5-17-11/h2-3,5,10H,4,6-9H2,1H3. The highest BCUT2D eigenvalue weighted by Crippen LogP contribution is 2.11. The van der Waals surface area contributed by atoms with Crippen LogP contribution >= 0.6 is 0 Å². The lowest BCUT2D eigenvalue weighted by Gasteiger charge is -2.35. The van der Waals surface area contributed by atoms with Gasteiger partial charge in [0.25, 0.3) is 0 Å². The van der Waals surface area contributed by atoms with Gasteiger partial charge in [-0.15, -0.1) is 0 Å². The van der Waals surface area contributed by atoms with Crippen LogP contribution in [0.4, 0.5) is 0 Å². The smallest absolute Gasteiger partial charge is 0.230 e. The highest BCUT2D eigenvalue weighted by atomic mass is 16.5. The van der Waals surface area contributed by atoms with E-state index < -0.39 is 0 Å². The van der Waals surface area contributed by atoms with Crippen LogP contribution < -0.4 is 0 Å². The number of carbonyl (C=O) groups is 1. The van der Waals surface area contributed by atoms with Crippen LogP contribution in [0.1, 0.15) is 5.76 Å². The summed E-state index contributed by atoms with van der Waals surface area (Å²) in [5.41, 5.74) is 0. The molecule has 1 aliphatic heterocycles. The van der Waals surface area contributed by atoms with Crippen molar-refractivity contribution in [3.8, 4) is 0 Å². The van der Waals surface area contributed by atoms with Gasteiger partial charge >= 0.3 is 0 Å². The van der Waals surface area contributed by atoms with E-state index in [4.69, 9.17) is 13.9 Å². The molecule has 0 N–H and O–H groups in total. The highest BCUT2D eigenvalue weighted by Gasteiger charge is 2.27. The number of methoxy groups -OCH3 is 1. The van der Waals surface area contributed by atoms with Gasteiger partial charge in [-0.25, -0.2) is 0 Å². The molecule has 5 heteroatoms. The van der Waals surface area contributed by atoms with Crippen molar-refractivity contribution >= 4 is 5.91 Å². The van der Waals surface area contributed by atoms with Crippen LogP contribution in [0.5, 0.6) is 0 Å². The number of morpholine rings is 1. The molecule has 5 nitrogen and oxygen atoms in total. The molecule has 0 aliphatic carbocycles. The Morgan fingerprint density at radius 3 is 3.24 bits per heavy atom. The number of rotatable bonds is 4. The minimum atomic E-state index is 0.0104. The number of hydrogen-bond donors (Lipinski definition) is 0. The Morgan fingerprint density at radius 2 is 2.53 bits per heavy atom. The normalized spacial score (nSPS) is 20.5. The number of ether oxygens (including phenoxy) is 2. The molecular formula is C12H17NO4. The first kappa shape index (κ1) is 12.1. The van der Waals surface area contributed by atoms with E-state index in [2.05, 4.69) is 0 Å². The summed E-state index contributed by atoms with van der Waals surface area (Å²) in [4.78, 5) is 13.9. The molecule has 1 fully saturated rings. The second-order valence-corrected chi connectivity index (χ2v) is 4.03. The second kappa shape index (κ2) is 5.84. The molecule has 0 radical (unpaired) electrons. The summed E-state index contributed by atoms with van der Waals surface area (Å²) >= 11 is 0. The fourth-order valence-corrected chi connectivity index (χ4v) is 1.98. The Morgan fingerprint density at radius 1 is 1.65 bits per heavy atom. The summed E-state index contributed by atoms with van der Waals surface area (Å²) in [6, 6.07) is 3.61. The highest BCUT2D eigenvalue weighted by molar-refractivity contribution is 5.78. The Balaban J connectivity index is 1.96. The molecular weight excluding hydrogens is 222 g/mol. The number of hydrogen-bond acceptors (Lipinski definition) is 4. The van der Waals surface area contributed by atoms with E-state index in [0.717, 1.165) is 0 Å². The number of carbonyl (C=O) groups excluding carboxylic acids is 1. The van der Waals surface area contributed by atoms with Gasteiger partial charge in [0, 0.05) is 13.7 Å². The first-order valence-electron chi connectivity index (χ1n) is 5.70. The third-order valence-electron chi connectivity index (χ3n) is 2.81. The van der Waals surface area contributed by atoms with Crippen LogP contribution in [0.2, 0.25) is 0 Å². The predicted molar refractivity (Wildman–Crippen MR) is 60.6 cm³/mol. The quantitative estimate of drug-likeness (QED) is 0.776. The lowest BCUT2D eigenvalue weighted by molar-refractivity contribution is -0.141. The molecule has 1 amide bonds. The summed E-state index contributed by atoms with van der Waals surface area (Å²) < 4.78 is 15.6. The van der Waals surface area contributed by atoms with Gasteiger partial charge in [0.1, 0.15) is 5.76 Å². The maximum absolute atomic E-state index is 12.1. The Kier molecular flexibility index (Phi) is 4.17. The van der Waals surface area contributed by atoms with E-state index >= 15 is 0 Å². The predicted octanol–water partition coefficient (Wildman–Crippen LogP) is 0.696. The molecule has 0 spiro atoms. The van der Waals surface area contributed by atoms with Crippen molar-refractivity contribution in [2.24, 2.45) is 0 Å². The monoisotopic (exact) mass is 239 g/mol. The molecule has 1 atom stereocenters. The molecule has 1 saturated heterocycles. The van der Waals surface area contributed by atoms with Crippen LogP contribution in [0.25, 0.3) is 0 Å². The van der Waals surface area contributed by atoms with Crippen LogP contribution in [0.3, 0.4) is 0 Å². The zero-order valence-corrected chi connectivity index (χ0v) is 9.93. The zero-order valence-electron chi connectivity index (χ0n) is 9.93. The molecule has 0 aromatic carbocycles. The summed E-state index contributed by atoms with van der Waals surface area (Å²) in [6.45, 7) is 2.25. The summed E-state index contributed by atoms with van der Waals surface area (Å²) in [6.07, 6.45) is 1.88. The first-order valence-corrected chi connectivity index (χ1v) is 5.70. The second-order valence-electron chi connectivity index (χ2n) is 4.03. The lowest BCUT2D eigenvalue weighted by Crippen LogP contribution is -2.51. The Hall–Kier alpha value is -1.33. The van der Waals surface area contributed by atoms with Crippen LogP contribution in [-0.4, -0.2) is 50.3 Å². The average molecular weight is 239 g/mol. The Labute approximate surface area is 100 Å². The van der Waals surface area contributed by atoms with Crippen LogP contribution in [0, 0.1) is 0 Å². The molecule has 1 aromatic heterocycles. The van der Waals surface area contributed by atoms with E-state index in [0.29, 0.717) is 38.5 Å². The number of furan rings is 1. The maximum Gasteiger partial charge on any atom is 0.230 e. The minimum absolute atomic E-state index is 0.0104. The van der Waals surface area contributed by atoms with Gasteiger partial charge in [-0.2, -0.15) is 0 Å². The average Bonchev–Trinajstić information content (AvgIpc) is 2.83. The largest absolute Gasteiger partial charge is 0.469 e. The molecule has 1 unspecified atom stereocenters. The van der Waals surface area contributed by atoms with Crippen molar-refractivity contribution in [2.45, 2.75) is 12.5 Å². The minimum Gasteiger partial charge on any atom is -0.469 e. The summed E-state index contributed by atoms with van der Waals surface area (Å²) in [5.74, 6) is 0.753. The molecule has 0 saturated carbocycles. The van der Waals surface area contributed by atoms with E-state index in [1.165, 1.54) is 0 Å². The van der Waals surface area contributed by atoms with Crippen molar-refractivity contribution in [3.05, 3.63) is 24.2 Å². The van der Waals surface area contributed by atoms with E-state index in [-0.39, 0.29) is 11.9 Å². The van der Waals surface area contributed by atoms with Crippen molar-refractivity contribution < 1.29 is 18.7 Å². The van der Waals surface area contributed by atoms with Gasteiger partial charge in [-0.3, -0.25) is 4.79 Å². The van der Waals surface area contributed by atoms with E-state index in [9.17, 15) is 4.79 Å². The van der Waals surface area contributed by atoms with E-state index in [1.54, 1.807) is 19.4 Å². The molecule has 1 aromatic rings. The number of amides is 1. The molecule has 0 bridgehead atoms.